The van der Waals surface area contributed by atoms with Crippen molar-refractivity contribution in [3.8, 4) is 0 Å². The van der Waals surface area contributed by atoms with Gasteiger partial charge < -0.3 is 10.1 Å². The number of para-hydroxylation sites is 1. The zero-order valence-electron chi connectivity index (χ0n) is 11.9. The molecule has 2 rings (SSSR count). The topological polar surface area (TPSA) is 85.3 Å². The maximum Gasteiger partial charge on any atom is 0.242 e. The van der Waals surface area contributed by atoms with Gasteiger partial charge in [-0.2, -0.15) is 5.10 Å². The van der Waals surface area contributed by atoms with Crippen LogP contribution in [-0.2, 0) is 21.3 Å². The highest BCUT2D eigenvalue weighted by molar-refractivity contribution is 7.89. The van der Waals surface area contributed by atoms with Crippen molar-refractivity contribution in [2.45, 2.75) is 11.4 Å². The van der Waals surface area contributed by atoms with Crippen molar-refractivity contribution in [3.63, 3.8) is 0 Å². The molecular formula is C13H18N4O3S. The van der Waals surface area contributed by atoms with Crippen molar-refractivity contribution in [2.75, 3.05) is 26.1 Å². The van der Waals surface area contributed by atoms with Gasteiger partial charge in [-0.15, -0.1) is 0 Å². The van der Waals surface area contributed by atoms with E-state index in [1.165, 1.54) is 7.05 Å². The summed E-state index contributed by atoms with van der Waals surface area (Å²) in [6, 6.07) is 6.70. The number of hydrogen-bond donors (Lipinski definition) is 2. The number of anilines is 2. The van der Waals surface area contributed by atoms with Crippen LogP contribution in [0.5, 0.6) is 0 Å². The fourth-order valence-electron chi connectivity index (χ4n) is 1.80. The van der Waals surface area contributed by atoms with Crippen molar-refractivity contribution in [1.29, 1.82) is 0 Å². The lowest BCUT2D eigenvalue weighted by molar-refractivity contribution is 0.183. The van der Waals surface area contributed by atoms with Crippen LogP contribution in [0.4, 0.5) is 11.4 Å². The van der Waals surface area contributed by atoms with Gasteiger partial charge in [0, 0.05) is 13.3 Å². The van der Waals surface area contributed by atoms with Crippen molar-refractivity contribution in [3.05, 3.63) is 36.7 Å². The van der Waals surface area contributed by atoms with Crippen molar-refractivity contribution in [1.82, 2.24) is 14.5 Å². The third kappa shape index (κ3) is 3.81. The zero-order chi connectivity index (χ0) is 15.3. The lowest BCUT2D eigenvalue weighted by Gasteiger charge is -2.10. The highest BCUT2D eigenvalue weighted by Crippen LogP contribution is 2.24. The van der Waals surface area contributed by atoms with Crippen molar-refractivity contribution < 1.29 is 13.2 Å². The standard InChI is InChI=1S/C13H18N4O3S/c1-14-21(18,19)13-6-4-3-5-12(13)16-11-9-15-17(10-11)7-8-20-2/h3-6,9-10,14,16H,7-8H2,1-2H3. The highest BCUT2D eigenvalue weighted by atomic mass is 32.2. The van der Waals surface area contributed by atoms with Crippen LogP contribution in [0, 0.1) is 0 Å². The Kier molecular flexibility index (Phi) is 4.94. The number of hydrogen-bond acceptors (Lipinski definition) is 5. The van der Waals surface area contributed by atoms with Crippen LogP contribution in [0.25, 0.3) is 0 Å². The van der Waals surface area contributed by atoms with Crippen LogP contribution < -0.4 is 10.0 Å². The lowest BCUT2D eigenvalue weighted by Crippen LogP contribution is -2.19. The Morgan fingerprint density at radius 2 is 2.10 bits per heavy atom. The molecule has 0 saturated heterocycles. The van der Waals surface area contributed by atoms with Gasteiger partial charge in [-0.25, -0.2) is 13.1 Å². The molecule has 0 saturated carbocycles. The fourth-order valence-corrected chi connectivity index (χ4v) is 2.69. The Balaban J connectivity index is 2.22. The number of nitrogens with zero attached hydrogens (tertiary/aromatic N) is 2. The molecule has 0 aliphatic rings. The van der Waals surface area contributed by atoms with E-state index in [1.807, 2.05) is 0 Å². The Morgan fingerprint density at radius 3 is 2.81 bits per heavy atom. The number of aromatic nitrogens is 2. The van der Waals surface area contributed by atoms with Gasteiger partial charge in [0.2, 0.25) is 10.0 Å². The van der Waals surface area contributed by atoms with E-state index < -0.39 is 10.0 Å². The van der Waals surface area contributed by atoms with E-state index >= 15 is 0 Å². The number of methoxy groups -OCH3 is 1. The predicted octanol–water partition coefficient (Wildman–Crippen LogP) is 1.18. The van der Waals surface area contributed by atoms with E-state index in [4.69, 9.17) is 4.74 Å². The molecule has 21 heavy (non-hydrogen) atoms. The summed E-state index contributed by atoms with van der Waals surface area (Å²) in [5.41, 5.74) is 1.21. The molecule has 2 N–H and O–H groups in total. The van der Waals surface area contributed by atoms with Crippen molar-refractivity contribution >= 4 is 21.4 Å². The first-order chi connectivity index (χ1) is 10.1. The number of ether oxygens (including phenoxy) is 1. The summed E-state index contributed by atoms with van der Waals surface area (Å²) < 4.78 is 33.0. The van der Waals surface area contributed by atoms with Gasteiger partial charge in [0.05, 0.1) is 30.7 Å². The van der Waals surface area contributed by atoms with Crippen LogP contribution in [0.3, 0.4) is 0 Å². The summed E-state index contributed by atoms with van der Waals surface area (Å²) in [5, 5.41) is 7.24. The summed E-state index contributed by atoms with van der Waals surface area (Å²) in [4.78, 5) is 0.192. The van der Waals surface area contributed by atoms with Crippen LogP contribution in [-0.4, -0.2) is 39.0 Å². The van der Waals surface area contributed by atoms with Gasteiger partial charge in [0.1, 0.15) is 4.90 Å². The molecule has 1 aromatic carbocycles. The van der Waals surface area contributed by atoms with Crippen LogP contribution >= 0.6 is 0 Å². The maximum atomic E-state index is 12.0. The van der Waals surface area contributed by atoms with E-state index in [2.05, 4.69) is 15.1 Å². The minimum Gasteiger partial charge on any atom is -0.383 e. The molecule has 1 heterocycles. The third-order valence-electron chi connectivity index (χ3n) is 2.88. The van der Waals surface area contributed by atoms with E-state index in [-0.39, 0.29) is 4.90 Å². The molecule has 114 valence electrons. The Hall–Kier alpha value is -1.90. The molecule has 2 aromatic rings. The molecule has 0 spiro atoms. The Labute approximate surface area is 124 Å². The molecule has 0 aliphatic carbocycles. The first-order valence-electron chi connectivity index (χ1n) is 6.38. The second-order valence-electron chi connectivity index (χ2n) is 4.31. The van der Waals surface area contributed by atoms with Gasteiger partial charge >= 0.3 is 0 Å². The van der Waals surface area contributed by atoms with E-state index in [1.54, 1.807) is 48.5 Å². The molecule has 0 aliphatic heterocycles. The number of sulfonamides is 1. The molecule has 0 radical (unpaired) electrons. The molecule has 0 atom stereocenters. The summed E-state index contributed by atoms with van der Waals surface area (Å²) in [6.45, 7) is 1.19. The maximum absolute atomic E-state index is 12.0. The van der Waals surface area contributed by atoms with Gasteiger partial charge in [0.15, 0.2) is 0 Å². The average molecular weight is 310 g/mol. The first kappa shape index (κ1) is 15.5. The second-order valence-corrected chi connectivity index (χ2v) is 6.17. The summed E-state index contributed by atoms with van der Waals surface area (Å²) in [5.74, 6) is 0. The van der Waals surface area contributed by atoms with Gasteiger partial charge in [0.25, 0.3) is 0 Å². The smallest absolute Gasteiger partial charge is 0.242 e. The molecule has 8 heteroatoms. The number of benzene rings is 1. The Bertz CT molecular complexity index is 697. The third-order valence-corrected chi connectivity index (χ3v) is 4.35. The van der Waals surface area contributed by atoms with Crippen LogP contribution in [0.2, 0.25) is 0 Å². The Morgan fingerprint density at radius 1 is 1.33 bits per heavy atom. The highest BCUT2D eigenvalue weighted by Gasteiger charge is 2.16. The van der Waals surface area contributed by atoms with Gasteiger partial charge in [-0.3, -0.25) is 4.68 Å². The molecule has 0 fully saturated rings. The molecule has 0 unspecified atom stereocenters. The van der Waals surface area contributed by atoms with Gasteiger partial charge in [-0.05, 0) is 19.2 Å². The summed E-state index contributed by atoms with van der Waals surface area (Å²) >= 11 is 0. The number of nitrogens with one attached hydrogen (secondary N) is 2. The van der Waals surface area contributed by atoms with Crippen molar-refractivity contribution in [2.24, 2.45) is 0 Å². The fraction of sp³-hybridized carbons (Fsp3) is 0.308. The lowest BCUT2D eigenvalue weighted by atomic mass is 10.3. The predicted molar refractivity (Wildman–Crippen MR) is 80.1 cm³/mol. The van der Waals surface area contributed by atoms with E-state index in [0.717, 1.165) is 0 Å². The van der Waals surface area contributed by atoms with Gasteiger partial charge in [-0.1, -0.05) is 12.1 Å². The second kappa shape index (κ2) is 6.70. The molecule has 1 aromatic heterocycles. The van der Waals surface area contributed by atoms with E-state index in [0.29, 0.717) is 24.5 Å². The molecule has 7 nitrogen and oxygen atoms in total. The quantitative estimate of drug-likeness (QED) is 0.802. The monoisotopic (exact) mass is 310 g/mol. The van der Waals surface area contributed by atoms with Crippen LogP contribution in [0.15, 0.2) is 41.6 Å². The molecule has 0 bridgehead atoms. The normalized spacial score (nSPS) is 11.5. The number of rotatable bonds is 7. The average Bonchev–Trinajstić information content (AvgIpc) is 2.93. The molecule has 0 amide bonds. The minimum atomic E-state index is -3.52. The van der Waals surface area contributed by atoms with Crippen LogP contribution in [0.1, 0.15) is 0 Å². The largest absolute Gasteiger partial charge is 0.383 e. The SMILES string of the molecule is CNS(=O)(=O)c1ccccc1Nc1cnn(CCOC)c1. The first-order valence-corrected chi connectivity index (χ1v) is 7.86. The summed E-state index contributed by atoms with van der Waals surface area (Å²) in [7, 11) is -0.506. The van der Waals surface area contributed by atoms with E-state index in [9.17, 15) is 8.42 Å². The molecular weight excluding hydrogens is 292 g/mol. The minimum absolute atomic E-state index is 0.192. The zero-order valence-corrected chi connectivity index (χ0v) is 12.7. The summed E-state index contributed by atoms with van der Waals surface area (Å²) in [6.07, 6.45) is 3.43.